The maximum absolute atomic E-state index is 12.5. The minimum absolute atomic E-state index is 0.237. The summed E-state index contributed by atoms with van der Waals surface area (Å²) in [6.07, 6.45) is 0. The maximum atomic E-state index is 12.5. The number of hydrogen-bond donors (Lipinski definition) is 0. The fourth-order valence-corrected chi connectivity index (χ4v) is 1.13. The lowest BCUT2D eigenvalue weighted by molar-refractivity contribution is -0.0508. The van der Waals surface area contributed by atoms with Crippen molar-refractivity contribution in [2.45, 2.75) is 0 Å². The zero-order chi connectivity index (χ0) is 9.10. The van der Waals surface area contributed by atoms with Gasteiger partial charge in [0.1, 0.15) is 11.6 Å². The molecule has 1 heterocycles. The maximum Gasteiger partial charge on any atom is 0.123 e. The summed E-state index contributed by atoms with van der Waals surface area (Å²) in [6, 6.07) is 6.06. The normalized spacial score (nSPS) is 16.7. The first-order valence-corrected chi connectivity index (χ1v) is 4.31. The van der Waals surface area contributed by atoms with Gasteiger partial charge in [0.25, 0.3) is 0 Å². The summed E-state index contributed by atoms with van der Waals surface area (Å²) in [5, 5.41) is 0. The van der Waals surface area contributed by atoms with Crippen molar-refractivity contribution in [1.29, 1.82) is 0 Å². The fourth-order valence-electron chi connectivity index (χ4n) is 1.13. The summed E-state index contributed by atoms with van der Waals surface area (Å²) in [5.74, 6) is 0.984. The van der Waals surface area contributed by atoms with Crippen molar-refractivity contribution < 1.29 is 13.9 Å². The first kappa shape index (κ1) is 8.51. The average molecular weight is 182 g/mol. The highest BCUT2D eigenvalue weighted by atomic mass is 19.1. The molecule has 13 heavy (non-hydrogen) atoms. The smallest absolute Gasteiger partial charge is 0.123 e. The van der Waals surface area contributed by atoms with Gasteiger partial charge < -0.3 is 9.47 Å². The number of halogens is 1. The molecule has 1 fully saturated rings. The monoisotopic (exact) mass is 182 g/mol. The zero-order valence-corrected chi connectivity index (χ0v) is 7.20. The SMILES string of the molecule is Fc1ccc(OCC2COC2)cc1. The van der Waals surface area contributed by atoms with E-state index in [4.69, 9.17) is 9.47 Å². The Morgan fingerprint density at radius 1 is 1.31 bits per heavy atom. The van der Waals surface area contributed by atoms with Gasteiger partial charge in [0.15, 0.2) is 0 Å². The van der Waals surface area contributed by atoms with E-state index in [0.29, 0.717) is 18.3 Å². The highest BCUT2D eigenvalue weighted by Gasteiger charge is 2.18. The van der Waals surface area contributed by atoms with Crippen LogP contribution in [0.3, 0.4) is 0 Å². The number of benzene rings is 1. The van der Waals surface area contributed by atoms with Gasteiger partial charge in [0, 0.05) is 5.92 Å². The molecule has 2 rings (SSSR count). The van der Waals surface area contributed by atoms with Crippen LogP contribution >= 0.6 is 0 Å². The van der Waals surface area contributed by atoms with Crippen LogP contribution in [0.5, 0.6) is 5.75 Å². The summed E-state index contributed by atoms with van der Waals surface area (Å²) in [6.45, 7) is 2.22. The van der Waals surface area contributed by atoms with Crippen LogP contribution in [-0.2, 0) is 4.74 Å². The van der Waals surface area contributed by atoms with E-state index >= 15 is 0 Å². The van der Waals surface area contributed by atoms with Gasteiger partial charge in [-0.15, -0.1) is 0 Å². The van der Waals surface area contributed by atoms with E-state index in [1.807, 2.05) is 0 Å². The van der Waals surface area contributed by atoms with Crippen molar-refractivity contribution in [3.8, 4) is 5.75 Å². The van der Waals surface area contributed by atoms with Crippen molar-refractivity contribution in [2.75, 3.05) is 19.8 Å². The molecule has 1 aromatic carbocycles. The molecular weight excluding hydrogens is 171 g/mol. The van der Waals surface area contributed by atoms with E-state index in [9.17, 15) is 4.39 Å². The highest BCUT2D eigenvalue weighted by Crippen LogP contribution is 2.15. The Hall–Kier alpha value is -1.09. The number of hydrogen-bond acceptors (Lipinski definition) is 2. The molecular formula is C10H11FO2. The summed E-state index contributed by atoms with van der Waals surface area (Å²) in [4.78, 5) is 0. The predicted molar refractivity (Wildman–Crippen MR) is 46.2 cm³/mol. The van der Waals surface area contributed by atoms with Gasteiger partial charge in [0.05, 0.1) is 19.8 Å². The van der Waals surface area contributed by atoms with Gasteiger partial charge in [0.2, 0.25) is 0 Å². The van der Waals surface area contributed by atoms with E-state index in [2.05, 4.69) is 0 Å². The van der Waals surface area contributed by atoms with Crippen LogP contribution in [0.1, 0.15) is 0 Å². The van der Waals surface area contributed by atoms with Crippen molar-refractivity contribution in [3.05, 3.63) is 30.1 Å². The highest BCUT2D eigenvalue weighted by molar-refractivity contribution is 5.22. The van der Waals surface area contributed by atoms with E-state index in [0.717, 1.165) is 13.2 Å². The van der Waals surface area contributed by atoms with Gasteiger partial charge in [-0.05, 0) is 24.3 Å². The quantitative estimate of drug-likeness (QED) is 0.710. The number of ether oxygens (including phenoxy) is 2. The van der Waals surface area contributed by atoms with E-state index in [-0.39, 0.29) is 5.82 Å². The third-order valence-electron chi connectivity index (χ3n) is 2.01. The number of rotatable bonds is 3. The minimum Gasteiger partial charge on any atom is -0.493 e. The molecule has 0 amide bonds. The molecule has 0 radical (unpaired) electrons. The van der Waals surface area contributed by atoms with Crippen LogP contribution in [0.4, 0.5) is 4.39 Å². The molecule has 0 bridgehead atoms. The molecule has 1 aromatic rings. The van der Waals surface area contributed by atoms with Crippen molar-refractivity contribution in [1.82, 2.24) is 0 Å². The molecule has 0 aliphatic carbocycles. The second-order valence-corrected chi connectivity index (χ2v) is 3.17. The molecule has 0 spiro atoms. The van der Waals surface area contributed by atoms with Crippen LogP contribution in [0.15, 0.2) is 24.3 Å². The third-order valence-corrected chi connectivity index (χ3v) is 2.01. The Labute approximate surface area is 76.3 Å². The fraction of sp³-hybridized carbons (Fsp3) is 0.400. The Balaban J connectivity index is 1.83. The zero-order valence-electron chi connectivity index (χ0n) is 7.20. The van der Waals surface area contributed by atoms with Crippen LogP contribution < -0.4 is 4.74 Å². The summed E-state index contributed by atoms with van der Waals surface area (Å²) in [7, 11) is 0. The van der Waals surface area contributed by atoms with Crippen LogP contribution in [-0.4, -0.2) is 19.8 Å². The molecule has 0 unspecified atom stereocenters. The summed E-state index contributed by atoms with van der Waals surface area (Å²) < 4.78 is 22.9. The third kappa shape index (κ3) is 2.18. The summed E-state index contributed by atoms with van der Waals surface area (Å²) >= 11 is 0. The molecule has 0 atom stereocenters. The standard InChI is InChI=1S/C10H11FO2/c11-9-1-3-10(4-2-9)13-7-8-5-12-6-8/h1-4,8H,5-7H2. The van der Waals surface area contributed by atoms with Crippen molar-refractivity contribution in [2.24, 2.45) is 5.92 Å². The predicted octanol–water partition coefficient (Wildman–Crippen LogP) is 1.85. The van der Waals surface area contributed by atoms with Crippen LogP contribution in [0.2, 0.25) is 0 Å². The first-order chi connectivity index (χ1) is 6.34. The topological polar surface area (TPSA) is 18.5 Å². The molecule has 1 aliphatic heterocycles. The van der Waals surface area contributed by atoms with Gasteiger partial charge in [-0.1, -0.05) is 0 Å². The molecule has 70 valence electrons. The van der Waals surface area contributed by atoms with E-state index in [1.165, 1.54) is 12.1 Å². The van der Waals surface area contributed by atoms with Crippen LogP contribution in [0, 0.1) is 11.7 Å². The second-order valence-electron chi connectivity index (χ2n) is 3.17. The van der Waals surface area contributed by atoms with Crippen molar-refractivity contribution in [3.63, 3.8) is 0 Å². The Morgan fingerprint density at radius 3 is 2.54 bits per heavy atom. The van der Waals surface area contributed by atoms with Crippen LogP contribution in [0.25, 0.3) is 0 Å². The van der Waals surface area contributed by atoms with E-state index in [1.54, 1.807) is 12.1 Å². The molecule has 1 saturated heterocycles. The Bertz CT molecular complexity index is 267. The van der Waals surface area contributed by atoms with Gasteiger partial charge >= 0.3 is 0 Å². The molecule has 0 N–H and O–H groups in total. The lowest BCUT2D eigenvalue weighted by atomic mass is 10.1. The summed E-state index contributed by atoms with van der Waals surface area (Å²) in [5.41, 5.74) is 0. The lowest BCUT2D eigenvalue weighted by Gasteiger charge is -2.25. The Morgan fingerprint density at radius 2 is 2.00 bits per heavy atom. The van der Waals surface area contributed by atoms with Gasteiger partial charge in [-0.3, -0.25) is 0 Å². The Kier molecular flexibility index (Phi) is 2.45. The largest absolute Gasteiger partial charge is 0.493 e. The van der Waals surface area contributed by atoms with E-state index < -0.39 is 0 Å². The molecule has 2 nitrogen and oxygen atoms in total. The van der Waals surface area contributed by atoms with Crippen molar-refractivity contribution >= 4 is 0 Å². The molecule has 1 aliphatic rings. The minimum atomic E-state index is -0.237. The lowest BCUT2D eigenvalue weighted by Crippen LogP contribution is -2.32. The second kappa shape index (κ2) is 3.75. The average Bonchev–Trinajstić information content (AvgIpc) is 2.05. The molecule has 3 heteroatoms. The van der Waals surface area contributed by atoms with Gasteiger partial charge in [-0.25, -0.2) is 4.39 Å². The van der Waals surface area contributed by atoms with Gasteiger partial charge in [-0.2, -0.15) is 0 Å². The first-order valence-electron chi connectivity index (χ1n) is 4.31. The molecule has 0 aromatic heterocycles. The molecule has 0 saturated carbocycles.